The van der Waals surface area contributed by atoms with Gasteiger partial charge in [0.15, 0.2) is 6.16 Å². The van der Waals surface area contributed by atoms with E-state index in [0.717, 1.165) is 15.6 Å². The number of methoxy groups -OCH3 is 1. The molecule has 0 amide bonds. The predicted octanol–water partition coefficient (Wildman–Crippen LogP) is 6.25. The summed E-state index contributed by atoms with van der Waals surface area (Å²) in [4.78, 5) is 0. The third kappa shape index (κ3) is 6.38. The maximum atomic E-state index is 11.4. The third-order valence-electron chi connectivity index (χ3n) is 4.44. The van der Waals surface area contributed by atoms with E-state index < -0.39 is 13.9 Å². The van der Waals surface area contributed by atoms with Gasteiger partial charge in [0.2, 0.25) is 0 Å². The van der Waals surface area contributed by atoms with Crippen molar-refractivity contribution in [2.75, 3.05) is 19.9 Å². The van der Waals surface area contributed by atoms with Gasteiger partial charge in [0, 0.05) is 11.6 Å². The fourth-order valence-corrected chi connectivity index (χ4v) is 4.31. The Balaban J connectivity index is 2.15. The lowest BCUT2D eigenvalue weighted by Gasteiger charge is -2.30. The van der Waals surface area contributed by atoms with Crippen LogP contribution in [0.5, 0.6) is 5.75 Å². The Morgan fingerprint density at radius 2 is 1.89 bits per heavy atom. The van der Waals surface area contributed by atoms with Crippen molar-refractivity contribution >= 4 is 23.7 Å². The normalized spacial score (nSPS) is 14.5. The molecule has 0 aliphatic carbocycles. The number of ether oxygens (including phenoxy) is 2. The van der Waals surface area contributed by atoms with Crippen LogP contribution in [0, 0.1) is 5.41 Å². The minimum absolute atomic E-state index is 0.0402. The first-order chi connectivity index (χ1) is 13.1. The van der Waals surface area contributed by atoms with Gasteiger partial charge in [-0.05, 0) is 46.4 Å². The first kappa shape index (κ1) is 23.0. The first-order valence-corrected chi connectivity index (χ1v) is 11.9. The van der Waals surface area contributed by atoms with Gasteiger partial charge in [-0.3, -0.25) is 0 Å². The van der Waals surface area contributed by atoms with Crippen LogP contribution in [0.1, 0.15) is 49.7 Å². The Labute approximate surface area is 177 Å². The molecule has 4 nitrogen and oxygen atoms in total. The van der Waals surface area contributed by atoms with E-state index in [-0.39, 0.29) is 17.7 Å². The van der Waals surface area contributed by atoms with Crippen LogP contribution in [0.25, 0.3) is 0 Å². The van der Waals surface area contributed by atoms with Gasteiger partial charge in [0.25, 0.3) is 0 Å². The fourth-order valence-electron chi connectivity index (χ4n) is 3.16. The number of aliphatic hydroxyl groups is 1. The molecule has 28 heavy (non-hydrogen) atoms. The number of aliphatic hydroxyl groups excluding tert-OH is 1. The van der Waals surface area contributed by atoms with E-state index in [0.29, 0.717) is 17.9 Å². The average molecular weight is 468 g/mol. The zero-order valence-electron chi connectivity index (χ0n) is 17.1. The Bertz CT molecular complexity index is 816. The van der Waals surface area contributed by atoms with Gasteiger partial charge in [-0.25, -0.2) is 0 Å². The number of hydrogen-bond donors (Lipinski definition) is 1. The summed E-state index contributed by atoms with van der Waals surface area (Å²) in [6, 6.07) is 13.5. The predicted molar refractivity (Wildman–Crippen MR) is 117 cm³/mol. The smallest absolute Gasteiger partial charge is 0.338 e. The van der Waals surface area contributed by atoms with Crippen molar-refractivity contribution in [3.8, 4) is 5.75 Å². The average Bonchev–Trinajstić information content (AvgIpc) is 2.61. The molecule has 0 aliphatic rings. The van der Waals surface area contributed by atoms with Crippen molar-refractivity contribution in [1.29, 1.82) is 0 Å². The molecule has 0 spiro atoms. The van der Waals surface area contributed by atoms with Gasteiger partial charge in [0.05, 0.1) is 6.10 Å². The SMILES string of the molecule is CO[C@H](c1cc(COc2cccc([C@H](O)C[P+](C)=O)c2)ccc1Br)C(C)(C)C. The van der Waals surface area contributed by atoms with Crippen LogP contribution in [0.4, 0.5) is 0 Å². The molecule has 2 aromatic rings. The summed E-state index contributed by atoms with van der Waals surface area (Å²) in [5.74, 6) is 0.673. The molecule has 0 saturated carbocycles. The van der Waals surface area contributed by atoms with Gasteiger partial charge in [-0.2, -0.15) is 0 Å². The van der Waals surface area contributed by atoms with Crippen LogP contribution >= 0.6 is 23.7 Å². The van der Waals surface area contributed by atoms with E-state index in [1.165, 1.54) is 0 Å². The molecular weight excluding hydrogens is 439 g/mol. The van der Waals surface area contributed by atoms with E-state index in [2.05, 4.69) is 42.8 Å². The zero-order valence-corrected chi connectivity index (χ0v) is 19.6. The molecule has 0 bridgehead atoms. The summed E-state index contributed by atoms with van der Waals surface area (Å²) in [7, 11) is 0.330. The Morgan fingerprint density at radius 1 is 1.18 bits per heavy atom. The molecule has 0 aliphatic heterocycles. The van der Waals surface area contributed by atoms with Crippen molar-refractivity contribution < 1.29 is 19.1 Å². The standard InChI is InChI=1S/C22H29BrO4P/c1-22(2,3)21(26-4)18-11-15(9-10-19(18)23)13-27-17-8-6-7-16(12-17)20(24)14-28(5)25/h6-12,20-21,24H,13-14H2,1-5H3/q+1/t20-,21-/m1/s1. The Hall–Kier alpha value is -1.26. The van der Waals surface area contributed by atoms with Gasteiger partial charge >= 0.3 is 7.80 Å². The maximum Gasteiger partial charge on any atom is 0.338 e. The van der Waals surface area contributed by atoms with Crippen LogP contribution in [-0.2, 0) is 15.9 Å². The molecule has 1 N–H and O–H groups in total. The second kappa shape index (κ2) is 9.98. The summed E-state index contributed by atoms with van der Waals surface area (Å²) in [6.45, 7) is 8.48. The largest absolute Gasteiger partial charge is 0.489 e. The Morgan fingerprint density at radius 3 is 2.50 bits per heavy atom. The summed E-state index contributed by atoms with van der Waals surface area (Å²) in [5, 5.41) is 10.2. The maximum absolute atomic E-state index is 11.4. The molecule has 2 aromatic carbocycles. The summed E-state index contributed by atoms with van der Waals surface area (Å²) in [6.07, 6.45) is -0.540. The fraction of sp³-hybridized carbons (Fsp3) is 0.455. The third-order valence-corrected chi connectivity index (χ3v) is 6.03. The van der Waals surface area contributed by atoms with E-state index in [1.807, 2.05) is 30.3 Å². The molecule has 152 valence electrons. The lowest BCUT2D eigenvalue weighted by atomic mass is 9.84. The minimum Gasteiger partial charge on any atom is -0.489 e. The zero-order chi connectivity index (χ0) is 20.9. The van der Waals surface area contributed by atoms with Crippen molar-refractivity contribution in [3.63, 3.8) is 0 Å². The van der Waals surface area contributed by atoms with Gasteiger partial charge in [0.1, 0.15) is 25.1 Å². The first-order valence-electron chi connectivity index (χ1n) is 9.22. The Kier molecular flexibility index (Phi) is 8.20. The second-order valence-electron chi connectivity index (χ2n) is 8.03. The monoisotopic (exact) mass is 467 g/mol. The van der Waals surface area contributed by atoms with Crippen LogP contribution in [-0.4, -0.2) is 25.0 Å². The molecule has 3 atom stereocenters. The lowest BCUT2D eigenvalue weighted by Crippen LogP contribution is -2.20. The highest BCUT2D eigenvalue weighted by Gasteiger charge is 2.28. The summed E-state index contributed by atoms with van der Waals surface area (Å²) in [5.41, 5.74) is 2.80. The molecule has 0 saturated heterocycles. The second-order valence-corrected chi connectivity index (χ2v) is 10.5. The molecular formula is C22H29BrO4P+. The molecule has 1 unspecified atom stereocenters. The minimum atomic E-state index is -1.40. The summed E-state index contributed by atoms with van der Waals surface area (Å²) >= 11 is 3.63. The molecule has 0 heterocycles. The molecule has 6 heteroatoms. The number of benzene rings is 2. The van der Waals surface area contributed by atoms with E-state index in [9.17, 15) is 9.67 Å². The van der Waals surface area contributed by atoms with Crippen LogP contribution in [0.3, 0.4) is 0 Å². The number of halogens is 1. The number of rotatable bonds is 8. The quantitative estimate of drug-likeness (QED) is 0.465. The van der Waals surface area contributed by atoms with E-state index in [1.54, 1.807) is 19.8 Å². The lowest BCUT2D eigenvalue weighted by molar-refractivity contribution is 0.0146. The molecule has 2 rings (SSSR count). The van der Waals surface area contributed by atoms with E-state index in [4.69, 9.17) is 9.47 Å². The van der Waals surface area contributed by atoms with Crippen molar-refractivity contribution in [3.05, 3.63) is 63.6 Å². The molecule has 0 fully saturated rings. The van der Waals surface area contributed by atoms with Gasteiger partial charge in [-0.15, -0.1) is 0 Å². The van der Waals surface area contributed by atoms with Crippen molar-refractivity contribution in [2.24, 2.45) is 5.41 Å². The topological polar surface area (TPSA) is 55.8 Å². The highest BCUT2D eigenvalue weighted by molar-refractivity contribution is 9.10. The number of hydrogen-bond acceptors (Lipinski definition) is 4. The van der Waals surface area contributed by atoms with Crippen molar-refractivity contribution in [1.82, 2.24) is 0 Å². The van der Waals surface area contributed by atoms with Gasteiger partial charge < -0.3 is 14.6 Å². The van der Waals surface area contributed by atoms with Gasteiger partial charge in [-0.1, -0.05) is 59.5 Å². The highest BCUT2D eigenvalue weighted by atomic mass is 79.9. The van der Waals surface area contributed by atoms with E-state index >= 15 is 0 Å². The molecule has 0 aromatic heterocycles. The van der Waals surface area contributed by atoms with Crippen LogP contribution in [0.2, 0.25) is 0 Å². The highest BCUT2D eigenvalue weighted by Crippen LogP contribution is 2.39. The molecule has 0 radical (unpaired) electrons. The van der Waals surface area contributed by atoms with Crippen molar-refractivity contribution in [2.45, 2.75) is 39.6 Å². The van der Waals surface area contributed by atoms with Crippen LogP contribution < -0.4 is 4.74 Å². The van der Waals surface area contributed by atoms with Crippen LogP contribution in [0.15, 0.2) is 46.9 Å². The summed E-state index contributed by atoms with van der Waals surface area (Å²) < 4.78 is 24.1.